The van der Waals surface area contributed by atoms with Crippen molar-refractivity contribution in [2.45, 2.75) is 6.42 Å². The number of carbonyl (C=O) groups excluding carboxylic acids is 1. The van der Waals surface area contributed by atoms with Crippen LogP contribution in [0.4, 0.5) is 0 Å². The van der Waals surface area contributed by atoms with E-state index in [1.54, 1.807) is 6.07 Å². The van der Waals surface area contributed by atoms with E-state index in [0.29, 0.717) is 29.2 Å². The summed E-state index contributed by atoms with van der Waals surface area (Å²) in [6, 6.07) is 4.52. The second kappa shape index (κ2) is 6.37. The highest BCUT2D eigenvalue weighted by Crippen LogP contribution is 2.24. The van der Waals surface area contributed by atoms with E-state index in [-0.39, 0.29) is 23.0 Å². The minimum atomic E-state index is -1.37. The molecule has 0 saturated carbocycles. The molecule has 0 atom stereocenters. The molecule has 0 radical (unpaired) electrons. The van der Waals surface area contributed by atoms with Crippen LogP contribution in [0, 0.1) is 5.41 Å². The van der Waals surface area contributed by atoms with Gasteiger partial charge in [-0.15, -0.1) is 0 Å². The summed E-state index contributed by atoms with van der Waals surface area (Å²) in [6.45, 7) is 0.331. The number of nitrogens with two attached hydrogens (primary N) is 1. The number of hydrogen-bond acceptors (Lipinski definition) is 4. The lowest BCUT2D eigenvalue weighted by atomic mass is 10.0. The molecule has 0 saturated heterocycles. The average molecular weight is 342 g/mol. The Hall–Kier alpha value is -2.05. The molecule has 1 heterocycles. The lowest BCUT2D eigenvalue weighted by Gasteiger charge is -2.29. The van der Waals surface area contributed by atoms with Gasteiger partial charge in [0.2, 0.25) is 0 Å². The van der Waals surface area contributed by atoms with Crippen molar-refractivity contribution < 1.29 is 14.7 Å². The molecule has 6 nitrogen and oxygen atoms in total. The fourth-order valence-electron chi connectivity index (χ4n) is 2.13. The molecule has 1 aliphatic rings. The van der Waals surface area contributed by atoms with Crippen LogP contribution in [0.15, 0.2) is 29.5 Å². The third kappa shape index (κ3) is 3.23. The Morgan fingerprint density at radius 1 is 1.27 bits per heavy atom. The number of amides is 1. The SMILES string of the molecule is N=C(C(=O)O)C1=C(N)CCN(C(=O)c2ccc(Cl)c(Cl)c2)C1. The summed E-state index contributed by atoms with van der Waals surface area (Å²) in [6.07, 6.45) is 0.318. The number of carboxylic acid groups (broad SMARTS) is 1. The maximum atomic E-state index is 12.5. The summed E-state index contributed by atoms with van der Waals surface area (Å²) in [5.41, 5.74) is 6.00. The molecule has 1 aliphatic heterocycles. The van der Waals surface area contributed by atoms with Crippen molar-refractivity contribution >= 4 is 40.8 Å². The van der Waals surface area contributed by atoms with Crippen molar-refractivity contribution in [3.05, 3.63) is 45.1 Å². The standard InChI is InChI=1S/C14H13Cl2N3O3/c15-9-2-1-7(5-10(9)16)13(20)19-4-3-11(17)8(6-19)12(18)14(21)22/h1-2,5,18H,3-4,6,17H2,(H,21,22). The summed E-state index contributed by atoms with van der Waals surface area (Å²) >= 11 is 11.7. The monoisotopic (exact) mass is 341 g/mol. The van der Waals surface area contributed by atoms with E-state index in [1.807, 2.05) is 0 Å². The average Bonchev–Trinajstić information content (AvgIpc) is 2.49. The third-order valence-corrected chi connectivity index (χ3v) is 4.10. The van der Waals surface area contributed by atoms with Crippen molar-refractivity contribution in [2.24, 2.45) is 5.73 Å². The fourth-order valence-corrected chi connectivity index (χ4v) is 2.43. The van der Waals surface area contributed by atoms with Crippen molar-refractivity contribution in [1.29, 1.82) is 5.41 Å². The smallest absolute Gasteiger partial charge is 0.354 e. The Morgan fingerprint density at radius 2 is 1.95 bits per heavy atom. The fraction of sp³-hybridized carbons (Fsp3) is 0.214. The highest BCUT2D eigenvalue weighted by Gasteiger charge is 2.27. The van der Waals surface area contributed by atoms with Crippen LogP contribution in [0.3, 0.4) is 0 Å². The van der Waals surface area contributed by atoms with Crippen molar-refractivity contribution in [1.82, 2.24) is 4.90 Å². The maximum Gasteiger partial charge on any atom is 0.354 e. The first-order valence-corrected chi connectivity index (χ1v) is 7.11. The van der Waals surface area contributed by atoms with E-state index in [0.717, 1.165) is 0 Å². The second-order valence-electron chi connectivity index (χ2n) is 4.79. The minimum Gasteiger partial charge on any atom is -0.477 e. The van der Waals surface area contributed by atoms with Gasteiger partial charge in [-0.1, -0.05) is 23.2 Å². The van der Waals surface area contributed by atoms with Gasteiger partial charge in [0.05, 0.1) is 16.6 Å². The molecular weight excluding hydrogens is 329 g/mol. The number of halogens is 2. The maximum absolute atomic E-state index is 12.5. The van der Waals surface area contributed by atoms with Crippen LogP contribution >= 0.6 is 23.2 Å². The zero-order chi connectivity index (χ0) is 16.4. The van der Waals surface area contributed by atoms with Gasteiger partial charge in [-0.3, -0.25) is 10.2 Å². The van der Waals surface area contributed by atoms with Gasteiger partial charge in [0.25, 0.3) is 5.91 Å². The van der Waals surface area contributed by atoms with E-state index in [4.69, 9.17) is 39.5 Å². The van der Waals surface area contributed by atoms with Gasteiger partial charge in [0.1, 0.15) is 5.71 Å². The number of benzene rings is 1. The number of nitrogens with zero attached hydrogens (tertiary/aromatic N) is 1. The van der Waals surface area contributed by atoms with Crippen molar-refractivity contribution in [3.8, 4) is 0 Å². The number of hydrogen-bond donors (Lipinski definition) is 3. The molecular formula is C14H13Cl2N3O3. The van der Waals surface area contributed by atoms with Crippen LogP contribution in [-0.4, -0.2) is 40.7 Å². The van der Waals surface area contributed by atoms with E-state index in [9.17, 15) is 9.59 Å². The normalized spacial score (nSPS) is 14.9. The van der Waals surface area contributed by atoms with Gasteiger partial charge in [-0.05, 0) is 18.2 Å². The summed E-state index contributed by atoms with van der Waals surface area (Å²) in [5, 5.41) is 17.1. The Balaban J connectivity index is 2.24. The van der Waals surface area contributed by atoms with Gasteiger partial charge in [0.15, 0.2) is 0 Å². The van der Waals surface area contributed by atoms with Crippen molar-refractivity contribution in [2.75, 3.05) is 13.1 Å². The second-order valence-corrected chi connectivity index (χ2v) is 5.60. The molecule has 22 heavy (non-hydrogen) atoms. The molecule has 0 spiro atoms. The molecule has 1 amide bonds. The number of aliphatic carboxylic acids is 1. The largest absolute Gasteiger partial charge is 0.477 e. The van der Waals surface area contributed by atoms with Gasteiger partial charge in [-0.25, -0.2) is 4.79 Å². The van der Waals surface area contributed by atoms with Crippen LogP contribution in [0.5, 0.6) is 0 Å². The zero-order valence-electron chi connectivity index (χ0n) is 11.4. The molecule has 4 N–H and O–H groups in total. The Bertz CT molecular complexity index is 701. The van der Waals surface area contributed by atoms with Gasteiger partial charge in [-0.2, -0.15) is 0 Å². The van der Waals surface area contributed by atoms with Gasteiger partial charge in [0, 0.05) is 29.8 Å². The van der Waals surface area contributed by atoms with Gasteiger partial charge < -0.3 is 15.7 Å². The summed E-state index contributed by atoms with van der Waals surface area (Å²) in [4.78, 5) is 24.8. The Labute approximate surface area is 136 Å². The predicted molar refractivity (Wildman–Crippen MR) is 83.6 cm³/mol. The summed E-state index contributed by atoms with van der Waals surface area (Å²) in [5.74, 6) is -1.69. The van der Waals surface area contributed by atoms with E-state index < -0.39 is 11.7 Å². The van der Waals surface area contributed by atoms with E-state index in [2.05, 4.69) is 0 Å². The number of carbonyl (C=O) groups is 2. The number of rotatable bonds is 3. The molecule has 0 bridgehead atoms. The highest BCUT2D eigenvalue weighted by molar-refractivity contribution is 6.42. The van der Waals surface area contributed by atoms with Gasteiger partial charge >= 0.3 is 5.97 Å². The molecule has 0 fully saturated rings. The van der Waals surface area contributed by atoms with Crippen LogP contribution in [0.2, 0.25) is 10.0 Å². The number of nitrogens with one attached hydrogen (secondary N) is 1. The first-order valence-electron chi connectivity index (χ1n) is 6.35. The molecule has 1 aromatic carbocycles. The first-order chi connectivity index (χ1) is 10.3. The van der Waals surface area contributed by atoms with Crippen LogP contribution in [-0.2, 0) is 4.79 Å². The quantitative estimate of drug-likeness (QED) is 0.732. The van der Waals surface area contributed by atoms with Crippen LogP contribution in [0.1, 0.15) is 16.8 Å². The summed E-state index contributed by atoms with van der Waals surface area (Å²) < 4.78 is 0. The molecule has 2 rings (SSSR count). The first kappa shape index (κ1) is 16.3. The van der Waals surface area contributed by atoms with E-state index >= 15 is 0 Å². The molecule has 0 aliphatic carbocycles. The predicted octanol–water partition coefficient (Wildman–Crippen LogP) is 2.16. The van der Waals surface area contributed by atoms with Crippen molar-refractivity contribution in [3.63, 3.8) is 0 Å². The van der Waals surface area contributed by atoms with Crippen LogP contribution < -0.4 is 5.73 Å². The number of carboxylic acids is 1. The zero-order valence-corrected chi connectivity index (χ0v) is 12.9. The molecule has 116 valence electrons. The van der Waals surface area contributed by atoms with E-state index in [1.165, 1.54) is 17.0 Å². The topological polar surface area (TPSA) is 107 Å². The third-order valence-electron chi connectivity index (χ3n) is 3.36. The Kier molecular flexibility index (Phi) is 4.73. The molecule has 8 heteroatoms. The minimum absolute atomic E-state index is 0.0178. The highest BCUT2D eigenvalue weighted by atomic mass is 35.5. The lowest BCUT2D eigenvalue weighted by Crippen LogP contribution is -2.41. The molecule has 0 unspecified atom stereocenters. The Morgan fingerprint density at radius 3 is 2.55 bits per heavy atom. The van der Waals surface area contributed by atoms with Crippen LogP contribution in [0.25, 0.3) is 0 Å². The molecule has 0 aromatic heterocycles. The molecule has 1 aromatic rings. The summed E-state index contributed by atoms with van der Waals surface area (Å²) in [7, 11) is 0. The lowest BCUT2D eigenvalue weighted by molar-refractivity contribution is -0.129.